The first kappa shape index (κ1) is 13.8. The first-order chi connectivity index (χ1) is 9.34. The van der Waals surface area contributed by atoms with Crippen molar-refractivity contribution < 1.29 is 4.74 Å². The summed E-state index contributed by atoms with van der Waals surface area (Å²) in [4.78, 5) is 0. The summed E-state index contributed by atoms with van der Waals surface area (Å²) in [6.45, 7) is 5.60. The molecule has 2 heterocycles. The molecular weight excluding hydrogens is 236 g/mol. The van der Waals surface area contributed by atoms with Crippen LogP contribution < -0.4 is 10.6 Å². The van der Waals surface area contributed by atoms with E-state index >= 15 is 0 Å². The lowest BCUT2D eigenvalue weighted by Crippen LogP contribution is -2.48. The van der Waals surface area contributed by atoms with Crippen LogP contribution in [-0.2, 0) is 4.74 Å². The van der Waals surface area contributed by atoms with E-state index in [-0.39, 0.29) is 0 Å². The highest BCUT2D eigenvalue weighted by Crippen LogP contribution is 2.31. The minimum atomic E-state index is 0.458. The Balaban J connectivity index is 1.51. The Morgan fingerprint density at radius 1 is 1.11 bits per heavy atom. The van der Waals surface area contributed by atoms with Gasteiger partial charge in [0.25, 0.3) is 0 Å². The number of hydrogen-bond acceptors (Lipinski definition) is 3. The normalized spacial score (nSPS) is 43.7. The third-order valence-corrected chi connectivity index (χ3v) is 5.61. The molecule has 2 saturated heterocycles. The summed E-state index contributed by atoms with van der Waals surface area (Å²) in [5.74, 6) is 1.60. The van der Waals surface area contributed by atoms with Gasteiger partial charge in [0.1, 0.15) is 0 Å². The lowest BCUT2D eigenvalue weighted by Gasteiger charge is -2.37. The van der Waals surface area contributed by atoms with Crippen molar-refractivity contribution in [2.45, 2.75) is 70.1 Å². The third kappa shape index (κ3) is 3.32. The van der Waals surface area contributed by atoms with Gasteiger partial charge in [-0.1, -0.05) is 12.8 Å². The van der Waals surface area contributed by atoms with Crippen LogP contribution in [0.5, 0.6) is 0 Å². The molecule has 0 aromatic carbocycles. The molecule has 0 spiro atoms. The second-order valence-electron chi connectivity index (χ2n) is 6.79. The van der Waals surface area contributed by atoms with Gasteiger partial charge in [0, 0.05) is 25.2 Å². The Hall–Kier alpha value is -0.120. The second-order valence-corrected chi connectivity index (χ2v) is 6.79. The van der Waals surface area contributed by atoms with E-state index in [0.717, 1.165) is 37.1 Å². The Morgan fingerprint density at radius 2 is 2.00 bits per heavy atom. The molecule has 0 aromatic heterocycles. The smallest absolute Gasteiger partial charge is 0.0588 e. The summed E-state index contributed by atoms with van der Waals surface area (Å²) in [6, 6.07) is 1.53. The van der Waals surface area contributed by atoms with Crippen LogP contribution in [0.4, 0.5) is 0 Å². The van der Waals surface area contributed by atoms with Crippen LogP contribution in [0.1, 0.15) is 51.9 Å². The first-order valence-corrected chi connectivity index (χ1v) is 8.43. The van der Waals surface area contributed by atoms with E-state index in [1.54, 1.807) is 0 Å². The highest BCUT2D eigenvalue weighted by molar-refractivity contribution is 4.92. The molecule has 1 aliphatic carbocycles. The molecule has 0 radical (unpaired) electrons. The summed E-state index contributed by atoms with van der Waals surface area (Å²) in [7, 11) is 0. The molecule has 19 heavy (non-hydrogen) atoms. The Bertz CT molecular complexity index is 278. The fraction of sp³-hybridized carbons (Fsp3) is 1.00. The van der Waals surface area contributed by atoms with E-state index in [1.165, 1.54) is 51.5 Å². The van der Waals surface area contributed by atoms with Gasteiger partial charge in [0.15, 0.2) is 0 Å². The molecule has 3 fully saturated rings. The van der Waals surface area contributed by atoms with Crippen molar-refractivity contribution in [1.82, 2.24) is 10.6 Å². The molecule has 110 valence electrons. The molecule has 0 amide bonds. The average molecular weight is 266 g/mol. The van der Waals surface area contributed by atoms with Gasteiger partial charge in [-0.15, -0.1) is 0 Å². The Labute approximate surface area is 117 Å². The standard InChI is InChI=1S/C16H30N2O/c1-12-13(8-10-19-12)11-18-16-6-3-2-5-14(16)15-7-4-9-17-15/h12-18H,2-11H2,1H3. The van der Waals surface area contributed by atoms with E-state index in [4.69, 9.17) is 4.74 Å². The van der Waals surface area contributed by atoms with Gasteiger partial charge in [0.2, 0.25) is 0 Å². The minimum Gasteiger partial charge on any atom is -0.378 e. The van der Waals surface area contributed by atoms with Gasteiger partial charge in [-0.2, -0.15) is 0 Å². The molecule has 2 aliphatic heterocycles. The maximum atomic E-state index is 5.68. The summed E-state index contributed by atoms with van der Waals surface area (Å²) in [6.07, 6.45) is 10.1. The molecule has 5 unspecified atom stereocenters. The molecule has 3 rings (SSSR count). The van der Waals surface area contributed by atoms with E-state index in [0.29, 0.717) is 6.10 Å². The van der Waals surface area contributed by atoms with Crippen molar-refractivity contribution in [1.29, 1.82) is 0 Å². The molecule has 5 atom stereocenters. The monoisotopic (exact) mass is 266 g/mol. The SMILES string of the molecule is CC1OCCC1CNC1CCCCC1C1CCCN1. The lowest BCUT2D eigenvalue weighted by molar-refractivity contribution is 0.102. The summed E-state index contributed by atoms with van der Waals surface area (Å²) in [5, 5.41) is 7.63. The minimum absolute atomic E-state index is 0.458. The van der Waals surface area contributed by atoms with Gasteiger partial charge < -0.3 is 15.4 Å². The maximum absolute atomic E-state index is 5.68. The van der Waals surface area contributed by atoms with Gasteiger partial charge >= 0.3 is 0 Å². The first-order valence-electron chi connectivity index (χ1n) is 8.43. The molecule has 1 saturated carbocycles. The van der Waals surface area contributed by atoms with Gasteiger partial charge in [-0.25, -0.2) is 0 Å². The molecular formula is C16H30N2O. The zero-order chi connectivity index (χ0) is 13.1. The molecule has 2 N–H and O–H groups in total. The van der Waals surface area contributed by atoms with Crippen molar-refractivity contribution >= 4 is 0 Å². The van der Waals surface area contributed by atoms with Crippen molar-refractivity contribution in [2.75, 3.05) is 19.7 Å². The van der Waals surface area contributed by atoms with E-state index in [1.807, 2.05) is 0 Å². The quantitative estimate of drug-likeness (QED) is 0.819. The van der Waals surface area contributed by atoms with Crippen molar-refractivity contribution in [3.63, 3.8) is 0 Å². The zero-order valence-electron chi connectivity index (χ0n) is 12.4. The van der Waals surface area contributed by atoms with Gasteiger partial charge in [-0.05, 0) is 57.4 Å². The van der Waals surface area contributed by atoms with Crippen LogP contribution in [0, 0.1) is 11.8 Å². The largest absolute Gasteiger partial charge is 0.378 e. The number of ether oxygens (including phenoxy) is 1. The van der Waals surface area contributed by atoms with E-state index < -0.39 is 0 Å². The number of rotatable bonds is 4. The van der Waals surface area contributed by atoms with Crippen molar-refractivity contribution in [3.8, 4) is 0 Å². The Morgan fingerprint density at radius 3 is 2.74 bits per heavy atom. The number of hydrogen-bond donors (Lipinski definition) is 2. The van der Waals surface area contributed by atoms with E-state index in [9.17, 15) is 0 Å². The van der Waals surface area contributed by atoms with Crippen LogP contribution in [-0.4, -0.2) is 37.9 Å². The van der Waals surface area contributed by atoms with Crippen LogP contribution >= 0.6 is 0 Å². The third-order valence-electron chi connectivity index (χ3n) is 5.61. The second kappa shape index (κ2) is 6.55. The zero-order valence-corrected chi connectivity index (χ0v) is 12.4. The lowest BCUT2D eigenvalue weighted by atomic mass is 9.79. The van der Waals surface area contributed by atoms with Crippen LogP contribution in [0.15, 0.2) is 0 Å². The molecule has 3 nitrogen and oxygen atoms in total. The van der Waals surface area contributed by atoms with Crippen LogP contribution in [0.3, 0.4) is 0 Å². The fourth-order valence-corrected chi connectivity index (χ4v) is 4.32. The van der Waals surface area contributed by atoms with Crippen molar-refractivity contribution in [2.24, 2.45) is 11.8 Å². The van der Waals surface area contributed by atoms with Gasteiger partial charge in [-0.3, -0.25) is 0 Å². The number of nitrogens with one attached hydrogen (secondary N) is 2. The summed E-state index contributed by atoms with van der Waals surface area (Å²) < 4.78 is 5.68. The summed E-state index contributed by atoms with van der Waals surface area (Å²) >= 11 is 0. The molecule has 3 aliphatic rings. The van der Waals surface area contributed by atoms with Crippen LogP contribution in [0.25, 0.3) is 0 Å². The highest BCUT2D eigenvalue weighted by atomic mass is 16.5. The topological polar surface area (TPSA) is 33.3 Å². The molecule has 0 bridgehead atoms. The average Bonchev–Trinajstić information content (AvgIpc) is 3.08. The highest BCUT2D eigenvalue weighted by Gasteiger charge is 2.34. The van der Waals surface area contributed by atoms with Crippen LogP contribution in [0.2, 0.25) is 0 Å². The predicted octanol–water partition coefficient (Wildman–Crippen LogP) is 2.31. The molecule has 3 heteroatoms. The Kier molecular flexibility index (Phi) is 4.78. The fourth-order valence-electron chi connectivity index (χ4n) is 4.32. The molecule has 0 aromatic rings. The maximum Gasteiger partial charge on any atom is 0.0588 e. The predicted molar refractivity (Wildman–Crippen MR) is 78.3 cm³/mol. The van der Waals surface area contributed by atoms with Gasteiger partial charge in [0.05, 0.1) is 6.10 Å². The van der Waals surface area contributed by atoms with E-state index in [2.05, 4.69) is 17.6 Å². The summed E-state index contributed by atoms with van der Waals surface area (Å²) in [5.41, 5.74) is 0. The van der Waals surface area contributed by atoms with Crippen molar-refractivity contribution in [3.05, 3.63) is 0 Å².